The summed E-state index contributed by atoms with van der Waals surface area (Å²) < 4.78 is 51.1. The van der Waals surface area contributed by atoms with Gasteiger partial charge in [-0.15, -0.1) is 0 Å². The first-order valence-electron chi connectivity index (χ1n) is 8.34. The molecule has 0 heterocycles. The summed E-state index contributed by atoms with van der Waals surface area (Å²) in [5, 5.41) is 11.1. The van der Waals surface area contributed by atoms with E-state index < -0.39 is 35.6 Å². The molecule has 150 valence electrons. The Balaban J connectivity index is 3.03. The molecule has 5 nitrogen and oxygen atoms in total. The van der Waals surface area contributed by atoms with Crippen molar-refractivity contribution in [3.05, 3.63) is 34.1 Å². The summed E-state index contributed by atoms with van der Waals surface area (Å²) in [7, 11) is -6.27. The lowest BCUT2D eigenvalue weighted by Crippen LogP contribution is -2.42. The van der Waals surface area contributed by atoms with Crippen LogP contribution in [-0.2, 0) is 20.1 Å². The number of rotatable bonds is 8. The lowest BCUT2D eigenvalue weighted by atomic mass is 9.88. The van der Waals surface area contributed by atoms with Crippen molar-refractivity contribution >= 4 is 34.4 Å². The first kappa shape index (κ1) is 23.7. The smallest absolute Gasteiger partial charge is 0.264 e. The van der Waals surface area contributed by atoms with Crippen molar-refractivity contribution in [1.82, 2.24) is 0 Å². The highest BCUT2D eigenvalue weighted by Gasteiger charge is 2.38. The van der Waals surface area contributed by atoms with Crippen LogP contribution in [-0.4, -0.2) is 38.8 Å². The molecule has 0 fully saturated rings. The highest BCUT2D eigenvalue weighted by Crippen LogP contribution is 2.38. The van der Waals surface area contributed by atoms with Crippen LogP contribution in [0.3, 0.4) is 0 Å². The third-order valence-corrected chi connectivity index (χ3v) is 10.9. The van der Waals surface area contributed by atoms with Gasteiger partial charge in [0.05, 0.1) is 15.8 Å². The van der Waals surface area contributed by atoms with E-state index in [0.29, 0.717) is 5.56 Å². The molecule has 1 rings (SSSR count). The Morgan fingerprint density at radius 2 is 1.81 bits per heavy atom. The highest BCUT2D eigenvalue weighted by molar-refractivity contribution is 9.10. The van der Waals surface area contributed by atoms with E-state index in [4.69, 9.17) is 8.98 Å². The van der Waals surface area contributed by atoms with Crippen molar-refractivity contribution in [2.75, 3.05) is 12.4 Å². The molecule has 0 aromatic heterocycles. The van der Waals surface area contributed by atoms with Gasteiger partial charge in [0.1, 0.15) is 5.82 Å². The Morgan fingerprint density at radius 1 is 1.23 bits per heavy atom. The number of hydrogen-bond acceptors (Lipinski definition) is 4. The molecule has 1 aromatic rings. The molecule has 0 aliphatic rings. The van der Waals surface area contributed by atoms with E-state index in [-0.39, 0.29) is 29.0 Å². The Hall–Kier alpha value is -0.323. The van der Waals surface area contributed by atoms with Crippen molar-refractivity contribution in [1.29, 1.82) is 0 Å². The van der Waals surface area contributed by atoms with Crippen molar-refractivity contribution in [2.24, 2.45) is 0 Å². The van der Waals surface area contributed by atoms with Crippen molar-refractivity contribution in [2.45, 2.75) is 57.3 Å². The van der Waals surface area contributed by atoms with Crippen LogP contribution in [0.4, 0.5) is 4.39 Å². The molecule has 0 saturated heterocycles. The molecule has 9 heteroatoms. The van der Waals surface area contributed by atoms with Crippen molar-refractivity contribution in [3.63, 3.8) is 0 Å². The van der Waals surface area contributed by atoms with Crippen LogP contribution < -0.4 is 0 Å². The van der Waals surface area contributed by atoms with Gasteiger partial charge >= 0.3 is 0 Å². The molecule has 2 N–H and O–H groups in total. The summed E-state index contributed by atoms with van der Waals surface area (Å²) in [5.74, 6) is -1.08. The molecule has 1 atom stereocenters. The molecular formula is C17H28BrFO5SSi. The van der Waals surface area contributed by atoms with E-state index in [1.807, 2.05) is 0 Å². The van der Waals surface area contributed by atoms with Gasteiger partial charge in [-0.2, -0.15) is 8.42 Å². The molecule has 0 bridgehead atoms. The zero-order valence-electron chi connectivity index (χ0n) is 15.8. The topological polar surface area (TPSA) is 83.8 Å². The largest absolute Gasteiger partial charge is 0.417 e. The first-order chi connectivity index (χ1) is 11.6. The normalized spacial score (nSPS) is 15.7. The van der Waals surface area contributed by atoms with E-state index in [1.54, 1.807) is 0 Å². The third kappa shape index (κ3) is 6.69. The summed E-state index contributed by atoms with van der Waals surface area (Å²) in [4.78, 5) is 0. The van der Waals surface area contributed by atoms with Crippen LogP contribution in [0.2, 0.25) is 18.1 Å². The fourth-order valence-electron chi connectivity index (χ4n) is 2.19. The monoisotopic (exact) mass is 470 g/mol. The molecule has 0 aliphatic carbocycles. The maximum absolute atomic E-state index is 13.5. The Morgan fingerprint density at radius 3 is 2.27 bits per heavy atom. The number of halogens is 2. The Bertz CT molecular complexity index is 733. The molecule has 26 heavy (non-hydrogen) atoms. The summed E-state index contributed by atoms with van der Waals surface area (Å²) in [6.07, 6.45) is -0.0854. The Kier molecular flexibility index (Phi) is 7.63. The fraction of sp³-hybridized carbons (Fsp3) is 0.647. The van der Waals surface area contributed by atoms with Crippen LogP contribution in [0, 0.1) is 5.82 Å². The van der Waals surface area contributed by atoms with Crippen LogP contribution in [0.25, 0.3) is 0 Å². The minimum atomic E-state index is -4.24. The zero-order chi connectivity index (χ0) is 20.4. The average Bonchev–Trinajstić information content (AvgIpc) is 2.46. The zero-order valence-corrected chi connectivity index (χ0v) is 19.2. The Labute approximate surface area is 165 Å². The van der Waals surface area contributed by atoms with Crippen LogP contribution in [0.15, 0.2) is 22.7 Å². The SMILES string of the molecule is CC(C)(C)[Si](C)(C)OCC[C@@](O)(CCS(=O)(=O)O)c1ccc(F)c(Br)c1. The second kappa shape index (κ2) is 8.36. The predicted molar refractivity (Wildman–Crippen MR) is 107 cm³/mol. The van der Waals surface area contributed by atoms with Gasteiger partial charge < -0.3 is 9.53 Å². The van der Waals surface area contributed by atoms with Crippen molar-refractivity contribution < 1.29 is 26.9 Å². The van der Waals surface area contributed by atoms with Gasteiger partial charge in [0.15, 0.2) is 8.32 Å². The number of benzene rings is 1. The number of aliphatic hydroxyl groups is 1. The molecular weight excluding hydrogens is 443 g/mol. The van der Waals surface area contributed by atoms with E-state index in [1.165, 1.54) is 18.2 Å². The summed E-state index contributed by atoms with van der Waals surface area (Å²) in [5.41, 5.74) is -1.19. The molecule has 0 aliphatic heterocycles. The lowest BCUT2D eigenvalue weighted by molar-refractivity contribution is 0.00959. The number of hydrogen-bond donors (Lipinski definition) is 2. The van der Waals surface area contributed by atoms with Gasteiger partial charge in [0.2, 0.25) is 0 Å². The molecule has 0 saturated carbocycles. The standard InChI is InChI=1S/C17H28BrFO5SSi/c1-16(2,3)26(4,5)24-10-8-17(20,9-11-25(21,22)23)13-6-7-15(19)14(18)12-13/h6-7,12,20H,8-11H2,1-5H3,(H,21,22,23)/t17-/m1/s1. The lowest BCUT2D eigenvalue weighted by Gasteiger charge is -2.37. The summed E-state index contributed by atoms with van der Waals surface area (Å²) >= 11 is 3.08. The maximum Gasteiger partial charge on any atom is 0.264 e. The van der Waals surface area contributed by atoms with Gasteiger partial charge in [0.25, 0.3) is 10.1 Å². The van der Waals surface area contributed by atoms with Gasteiger partial charge in [0, 0.05) is 13.0 Å². The van der Waals surface area contributed by atoms with Gasteiger partial charge in [-0.3, -0.25) is 4.55 Å². The highest BCUT2D eigenvalue weighted by atomic mass is 79.9. The molecule has 0 unspecified atom stereocenters. The van der Waals surface area contributed by atoms with Crippen molar-refractivity contribution in [3.8, 4) is 0 Å². The minimum Gasteiger partial charge on any atom is -0.417 e. The molecule has 0 radical (unpaired) electrons. The van der Waals surface area contributed by atoms with Crippen LogP contribution in [0.1, 0.15) is 39.2 Å². The van der Waals surface area contributed by atoms with E-state index >= 15 is 0 Å². The van der Waals surface area contributed by atoms with Gasteiger partial charge in [-0.25, -0.2) is 4.39 Å². The van der Waals surface area contributed by atoms with Crippen LogP contribution >= 0.6 is 15.9 Å². The van der Waals surface area contributed by atoms with E-state index in [9.17, 15) is 17.9 Å². The predicted octanol–water partition coefficient (Wildman–Crippen LogP) is 4.47. The second-order valence-corrected chi connectivity index (χ2v) is 15.3. The van der Waals surface area contributed by atoms with Gasteiger partial charge in [-0.1, -0.05) is 26.8 Å². The van der Waals surface area contributed by atoms with Crippen LogP contribution in [0.5, 0.6) is 0 Å². The average molecular weight is 471 g/mol. The fourth-order valence-corrected chi connectivity index (χ4v) is 4.21. The summed E-state index contributed by atoms with van der Waals surface area (Å²) in [6, 6.07) is 4.04. The third-order valence-electron chi connectivity index (χ3n) is 5.02. The van der Waals surface area contributed by atoms with E-state index in [0.717, 1.165) is 0 Å². The minimum absolute atomic E-state index is 0.00153. The quantitative estimate of drug-likeness (QED) is 0.432. The molecule has 1 aromatic carbocycles. The summed E-state index contributed by atoms with van der Waals surface area (Å²) in [6.45, 7) is 10.7. The first-order valence-corrected chi connectivity index (χ1v) is 13.7. The maximum atomic E-state index is 13.5. The van der Waals surface area contributed by atoms with E-state index in [2.05, 4.69) is 49.8 Å². The molecule has 0 spiro atoms. The second-order valence-electron chi connectivity index (χ2n) is 8.06. The van der Waals surface area contributed by atoms with Gasteiger partial charge in [-0.05, 0) is 58.2 Å². The molecule has 0 amide bonds.